The number of carbonyl (C=O) groups is 1. The van der Waals surface area contributed by atoms with Gasteiger partial charge in [-0.15, -0.1) is 0 Å². The molecule has 1 aromatic heterocycles. The van der Waals surface area contributed by atoms with Crippen LogP contribution in [0.4, 0.5) is 0 Å². The molecule has 1 aliphatic heterocycles. The van der Waals surface area contributed by atoms with Crippen molar-refractivity contribution in [3.8, 4) is 0 Å². The SMILES string of the molecule is CCc1c(C(=O)N[C@@H]2CCCc3ccccc32)c(=O)cc(C)n1CCN1CCCCC1. The van der Waals surface area contributed by atoms with Gasteiger partial charge in [-0.05, 0) is 69.7 Å². The number of likely N-dealkylation sites (tertiary alicyclic amines) is 1. The number of carbonyl (C=O) groups excluding carboxylic acids is 1. The molecule has 4 rings (SSSR count). The lowest BCUT2D eigenvalue weighted by Gasteiger charge is -2.29. The molecule has 0 saturated carbocycles. The molecular weight excluding hydrogens is 386 g/mol. The molecule has 2 aliphatic rings. The van der Waals surface area contributed by atoms with Crippen LogP contribution in [0.2, 0.25) is 0 Å². The van der Waals surface area contributed by atoms with Crippen LogP contribution < -0.4 is 10.7 Å². The fourth-order valence-corrected chi connectivity index (χ4v) is 5.31. The molecule has 0 radical (unpaired) electrons. The summed E-state index contributed by atoms with van der Waals surface area (Å²) < 4.78 is 2.19. The van der Waals surface area contributed by atoms with Crippen molar-refractivity contribution in [2.45, 2.75) is 71.4 Å². The third kappa shape index (κ3) is 4.77. The van der Waals surface area contributed by atoms with Gasteiger partial charge in [0.2, 0.25) is 0 Å². The number of hydrogen-bond acceptors (Lipinski definition) is 3. The van der Waals surface area contributed by atoms with E-state index in [0.717, 1.165) is 56.8 Å². The van der Waals surface area contributed by atoms with Crippen molar-refractivity contribution in [2.24, 2.45) is 0 Å². The lowest BCUT2D eigenvalue weighted by atomic mass is 9.87. The summed E-state index contributed by atoms with van der Waals surface area (Å²) in [7, 11) is 0. The van der Waals surface area contributed by atoms with Gasteiger partial charge in [-0.1, -0.05) is 37.6 Å². The van der Waals surface area contributed by atoms with E-state index in [2.05, 4.69) is 33.0 Å². The summed E-state index contributed by atoms with van der Waals surface area (Å²) in [5.74, 6) is -0.227. The highest BCUT2D eigenvalue weighted by Crippen LogP contribution is 2.29. The number of nitrogens with zero attached hydrogens (tertiary/aromatic N) is 2. The highest BCUT2D eigenvalue weighted by atomic mass is 16.2. The van der Waals surface area contributed by atoms with E-state index in [1.165, 1.54) is 30.4 Å². The third-order valence-corrected chi connectivity index (χ3v) is 6.95. The number of nitrogens with one attached hydrogen (secondary N) is 1. The van der Waals surface area contributed by atoms with Gasteiger partial charge in [-0.3, -0.25) is 9.59 Å². The van der Waals surface area contributed by atoms with Crippen molar-refractivity contribution >= 4 is 5.91 Å². The van der Waals surface area contributed by atoms with E-state index in [1.807, 2.05) is 19.9 Å². The monoisotopic (exact) mass is 421 g/mol. The van der Waals surface area contributed by atoms with Crippen LogP contribution in [0, 0.1) is 6.92 Å². The molecule has 166 valence electrons. The number of amides is 1. The first-order valence-electron chi connectivity index (χ1n) is 11.9. The smallest absolute Gasteiger partial charge is 0.257 e. The molecule has 1 aromatic carbocycles. The first-order chi connectivity index (χ1) is 15.1. The van der Waals surface area contributed by atoms with E-state index < -0.39 is 0 Å². The molecule has 0 unspecified atom stereocenters. The van der Waals surface area contributed by atoms with E-state index in [-0.39, 0.29) is 17.4 Å². The number of pyridine rings is 1. The number of fused-ring (bicyclic) bond motifs is 1. The van der Waals surface area contributed by atoms with Crippen molar-refractivity contribution in [3.05, 3.63) is 68.6 Å². The largest absolute Gasteiger partial charge is 0.347 e. The molecule has 0 spiro atoms. The molecule has 5 heteroatoms. The Morgan fingerprint density at radius 2 is 1.87 bits per heavy atom. The Morgan fingerprint density at radius 1 is 1.10 bits per heavy atom. The second-order valence-corrected chi connectivity index (χ2v) is 9.00. The molecule has 1 N–H and O–H groups in total. The topological polar surface area (TPSA) is 54.3 Å². The normalized spacial score (nSPS) is 19.1. The minimum atomic E-state index is -0.227. The molecule has 1 saturated heterocycles. The van der Waals surface area contributed by atoms with E-state index in [9.17, 15) is 9.59 Å². The molecule has 2 heterocycles. The maximum Gasteiger partial charge on any atom is 0.257 e. The number of aryl methyl sites for hydroxylation is 2. The maximum absolute atomic E-state index is 13.4. The van der Waals surface area contributed by atoms with Gasteiger partial charge >= 0.3 is 0 Å². The first-order valence-corrected chi connectivity index (χ1v) is 11.9. The van der Waals surface area contributed by atoms with Crippen LogP contribution in [-0.4, -0.2) is 35.0 Å². The Kier molecular flexibility index (Phi) is 6.91. The number of benzene rings is 1. The molecule has 0 bridgehead atoms. The fourth-order valence-electron chi connectivity index (χ4n) is 5.31. The lowest BCUT2D eigenvalue weighted by molar-refractivity contribution is 0.0929. The Balaban J connectivity index is 1.58. The zero-order chi connectivity index (χ0) is 21.8. The lowest BCUT2D eigenvalue weighted by Crippen LogP contribution is -2.37. The number of rotatable bonds is 6. The van der Waals surface area contributed by atoms with Crippen molar-refractivity contribution in [2.75, 3.05) is 19.6 Å². The predicted octanol–water partition coefficient (Wildman–Crippen LogP) is 4.01. The second-order valence-electron chi connectivity index (χ2n) is 9.00. The summed E-state index contributed by atoms with van der Waals surface area (Å²) in [4.78, 5) is 28.8. The fraction of sp³-hybridized carbons (Fsp3) is 0.538. The molecule has 31 heavy (non-hydrogen) atoms. The van der Waals surface area contributed by atoms with Crippen LogP contribution in [0.3, 0.4) is 0 Å². The van der Waals surface area contributed by atoms with Gasteiger partial charge in [0.1, 0.15) is 5.56 Å². The van der Waals surface area contributed by atoms with Crippen molar-refractivity contribution in [1.29, 1.82) is 0 Å². The summed E-state index contributed by atoms with van der Waals surface area (Å²) in [5.41, 5.74) is 4.47. The summed E-state index contributed by atoms with van der Waals surface area (Å²) in [6, 6.07) is 9.94. The molecule has 1 atom stereocenters. The molecule has 1 fully saturated rings. The zero-order valence-corrected chi connectivity index (χ0v) is 19.0. The summed E-state index contributed by atoms with van der Waals surface area (Å²) >= 11 is 0. The molecular formula is C26H35N3O2. The summed E-state index contributed by atoms with van der Waals surface area (Å²) in [6.45, 7) is 8.11. The number of piperidine rings is 1. The van der Waals surface area contributed by atoms with E-state index >= 15 is 0 Å². The van der Waals surface area contributed by atoms with E-state index in [0.29, 0.717) is 12.0 Å². The van der Waals surface area contributed by atoms with Crippen molar-refractivity contribution < 1.29 is 4.79 Å². The van der Waals surface area contributed by atoms with Crippen LogP contribution in [0.5, 0.6) is 0 Å². The van der Waals surface area contributed by atoms with Crippen LogP contribution in [0.15, 0.2) is 35.1 Å². The highest BCUT2D eigenvalue weighted by molar-refractivity contribution is 5.95. The quantitative estimate of drug-likeness (QED) is 0.767. The summed E-state index contributed by atoms with van der Waals surface area (Å²) in [6.07, 6.45) is 7.54. The van der Waals surface area contributed by atoms with Gasteiger partial charge in [-0.25, -0.2) is 0 Å². The van der Waals surface area contributed by atoms with Gasteiger partial charge in [0, 0.05) is 30.5 Å². The highest BCUT2D eigenvalue weighted by Gasteiger charge is 2.25. The van der Waals surface area contributed by atoms with Gasteiger partial charge in [-0.2, -0.15) is 0 Å². The van der Waals surface area contributed by atoms with Gasteiger partial charge < -0.3 is 14.8 Å². The maximum atomic E-state index is 13.4. The molecule has 5 nitrogen and oxygen atoms in total. The van der Waals surface area contributed by atoms with Crippen LogP contribution in [0.25, 0.3) is 0 Å². The molecule has 1 amide bonds. The average Bonchev–Trinajstić information content (AvgIpc) is 2.78. The van der Waals surface area contributed by atoms with E-state index in [1.54, 1.807) is 6.07 Å². The van der Waals surface area contributed by atoms with Gasteiger partial charge in [0.15, 0.2) is 5.43 Å². The summed E-state index contributed by atoms with van der Waals surface area (Å²) in [5, 5.41) is 3.20. The van der Waals surface area contributed by atoms with E-state index in [4.69, 9.17) is 0 Å². The van der Waals surface area contributed by atoms with Gasteiger partial charge in [0.25, 0.3) is 5.91 Å². The Bertz CT molecular complexity index is 989. The second kappa shape index (κ2) is 9.82. The van der Waals surface area contributed by atoms with Gasteiger partial charge in [0.05, 0.1) is 6.04 Å². The number of hydrogen-bond donors (Lipinski definition) is 1. The molecule has 1 aliphatic carbocycles. The van der Waals surface area contributed by atoms with Crippen LogP contribution >= 0.6 is 0 Å². The van der Waals surface area contributed by atoms with Crippen LogP contribution in [0.1, 0.15) is 77.9 Å². The Morgan fingerprint density at radius 3 is 2.65 bits per heavy atom. The third-order valence-electron chi connectivity index (χ3n) is 6.95. The van der Waals surface area contributed by atoms with Crippen molar-refractivity contribution in [1.82, 2.24) is 14.8 Å². The standard InChI is InChI=1S/C26H35N3O2/c1-3-23-25(26(31)27-22-13-9-11-20-10-5-6-12-21(20)22)24(30)18-19(2)29(23)17-16-28-14-7-4-8-15-28/h5-6,10,12,18,22H,3-4,7-9,11,13-17H2,1-2H3,(H,27,31)/t22-/m1/s1. The van der Waals surface area contributed by atoms with Crippen LogP contribution in [-0.2, 0) is 19.4 Å². The minimum absolute atomic E-state index is 0.0235. The van der Waals surface area contributed by atoms with Crippen molar-refractivity contribution in [3.63, 3.8) is 0 Å². The predicted molar refractivity (Wildman–Crippen MR) is 125 cm³/mol. The zero-order valence-electron chi connectivity index (χ0n) is 19.0. The Labute approximate surface area is 185 Å². The average molecular weight is 422 g/mol. The first kappa shape index (κ1) is 21.8. The number of aromatic nitrogens is 1. The Hall–Kier alpha value is -2.40. The minimum Gasteiger partial charge on any atom is -0.347 e. The molecule has 2 aromatic rings.